The number of hydrogen-bond donors (Lipinski definition) is 2. The van der Waals surface area contributed by atoms with Crippen molar-refractivity contribution in [3.05, 3.63) is 45.8 Å². The van der Waals surface area contributed by atoms with Crippen LogP contribution >= 0.6 is 0 Å². The Bertz CT molecular complexity index is 451. The highest BCUT2D eigenvalue weighted by Crippen LogP contribution is 2.14. The number of primary amides is 1. The molecule has 1 amide bonds. The van der Waals surface area contributed by atoms with Gasteiger partial charge in [-0.05, 0) is 36.0 Å². The molecule has 0 saturated carbocycles. The minimum absolute atomic E-state index is 0.407. The molecular formula is C13H19N5O. The van der Waals surface area contributed by atoms with E-state index in [2.05, 4.69) is 22.3 Å². The van der Waals surface area contributed by atoms with Crippen LogP contribution in [0.3, 0.4) is 0 Å². The molecule has 102 valence electrons. The number of carbonyl (C=O) groups is 1. The zero-order chi connectivity index (χ0) is 14.1. The first-order chi connectivity index (χ1) is 9.19. The van der Waals surface area contributed by atoms with Crippen LogP contribution in [0.2, 0.25) is 0 Å². The summed E-state index contributed by atoms with van der Waals surface area (Å²) in [5, 5.41) is 6.51. The van der Waals surface area contributed by atoms with Gasteiger partial charge in [-0.3, -0.25) is 4.79 Å². The van der Waals surface area contributed by atoms with Crippen molar-refractivity contribution in [3.8, 4) is 0 Å². The lowest BCUT2D eigenvalue weighted by atomic mass is 10.0. The Kier molecular flexibility index (Phi) is 6.43. The molecule has 0 spiro atoms. The summed E-state index contributed by atoms with van der Waals surface area (Å²) in [4.78, 5) is 14.1. The van der Waals surface area contributed by atoms with Gasteiger partial charge < -0.3 is 11.1 Å². The van der Waals surface area contributed by atoms with Gasteiger partial charge in [-0.15, -0.1) is 0 Å². The highest BCUT2D eigenvalue weighted by molar-refractivity contribution is 5.81. The van der Waals surface area contributed by atoms with Crippen molar-refractivity contribution in [2.45, 2.75) is 25.8 Å². The van der Waals surface area contributed by atoms with Gasteiger partial charge in [0.25, 0.3) is 0 Å². The van der Waals surface area contributed by atoms with Gasteiger partial charge >= 0.3 is 0 Å². The van der Waals surface area contributed by atoms with Crippen LogP contribution in [-0.2, 0) is 11.2 Å². The molecular weight excluding hydrogens is 242 g/mol. The lowest BCUT2D eigenvalue weighted by molar-refractivity contribution is -0.120. The van der Waals surface area contributed by atoms with E-state index < -0.39 is 11.9 Å². The molecule has 0 fully saturated rings. The second kappa shape index (κ2) is 8.13. The van der Waals surface area contributed by atoms with Gasteiger partial charge in [-0.1, -0.05) is 36.3 Å². The number of nitrogens with zero attached hydrogens (tertiary/aromatic N) is 3. The first-order valence-electron chi connectivity index (χ1n) is 6.31. The van der Waals surface area contributed by atoms with Crippen LogP contribution in [0, 0.1) is 0 Å². The van der Waals surface area contributed by atoms with Crippen molar-refractivity contribution in [1.82, 2.24) is 5.32 Å². The zero-order valence-electron chi connectivity index (χ0n) is 11.0. The molecule has 6 nitrogen and oxygen atoms in total. The van der Waals surface area contributed by atoms with Crippen LogP contribution in [0.15, 0.2) is 29.4 Å². The lowest BCUT2D eigenvalue weighted by Crippen LogP contribution is -2.34. The number of carbonyl (C=O) groups excluding carboxylic acids is 1. The minimum atomic E-state index is -0.503. The van der Waals surface area contributed by atoms with Crippen LogP contribution in [0.4, 0.5) is 0 Å². The number of rotatable bonds is 8. The van der Waals surface area contributed by atoms with Gasteiger partial charge in [0.05, 0.1) is 0 Å². The van der Waals surface area contributed by atoms with Gasteiger partial charge in [-0.25, -0.2) is 0 Å². The number of azide groups is 1. The van der Waals surface area contributed by atoms with E-state index in [0.29, 0.717) is 19.5 Å². The highest BCUT2D eigenvalue weighted by atomic mass is 16.1. The van der Waals surface area contributed by atoms with Crippen LogP contribution in [0.5, 0.6) is 0 Å². The Labute approximate surface area is 112 Å². The summed E-state index contributed by atoms with van der Waals surface area (Å²) in [6, 6.07) is 7.31. The largest absolute Gasteiger partial charge is 0.368 e. The van der Waals surface area contributed by atoms with E-state index in [0.717, 1.165) is 12.0 Å². The normalized spacial score (nSPS) is 11.6. The van der Waals surface area contributed by atoms with Crippen LogP contribution in [0.1, 0.15) is 30.5 Å². The first kappa shape index (κ1) is 15.0. The summed E-state index contributed by atoms with van der Waals surface area (Å²) in [6.45, 7) is 3.06. The Morgan fingerprint density at radius 2 is 2.16 bits per heavy atom. The Morgan fingerprint density at radius 3 is 2.68 bits per heavy atom. The number of nitrogens with two attached hydrogens (primary N) is 1. The minimum Gasteiger partial charge on any atom is -0.368 e. The van der Waals surface area contributed by atoms with Crippen LogP contribution < -0.4 is 11.1 Å². The predicted octanol–water partition coefficient (Wildman–Crippen LogP) is 2.07. The fourth-order valence-electron chi connectivity index (χ4n) is 1.77. The van der Waals surface area contributed by atoms with Crippen molar-refractivity contribution in [3.63, 3.8) is 0 Å². The molecule has 1 rings (SSSR count). The van der Waals surface area contributed by atoms with Gasteiger partial charge in [0.1, 0.15) is 6.04 Å². The quantitative estimate of drug-likeness (QED) is 0.323. The molecule has 0 heterocycles. The molecule has 0 aliphatic rings. The van der Waals surface area contributed by atoms with Gasteiger partial charge in [0, 0.05) is 11.5 Å². The van der Waals surface area contributed by atoms with E-state index in [-0.39, 0.29) is 0 Å². The summed E-state index contributed by atoms with van der Waals surface area (Å²) < 4.78 is 0. The Balaban J connectivity index is 2.60. The summed E-state index contributed by atoms with van der Waals surface area (Å²) in [7, 11) is 0. The van der Waals surface area contributed by atoms with E-state index in [9.17, 15) is 4.79 Å². The maximum absolute atomic E-state index is 11.5. The lowest BCUT2D eigenvalue weighted by Gasteiger charge is -2.15. The number of aryl methyl sites for hydroxylation is 1. The van der Waals surface area contributed by atoms with E-state index in [1.807, 2.05) is 24.3 Å². The van der Waals surface area contributed by atoms with Gasteiger partial charge in [-0.2, -0.15) is 0 Å². The van der Waals surface area contributed by atoms with Gasteiger partial charge in [0.15, 0.2) is 0 Å². The summed E-state index contributed by atoms with van der Waals surface area (Å²) in [5.74, 6) is -0.409. The molecule has 1 atom stereocenters. The van der Waals surface area contributed by atoms with Crippen molar-refractivity contribution >= 4 is 5.91 Å². The molecule has 0 bridgehead atoms. The molecule has 0 aliphatic carbocycles. The fraction of sp³-hybridized carbons (Fsp3) is 0.462. The second-order valence-electron chi connectivity index (χ2n) is 4.19. The molecule has 0 aromatic heterocycles. The van der Waals surface area contributed by atoms with Crippen LogP contribution in [-0.4, -0.2) is 19.0 Å². The summed E-state index contributed by atoms with van der Waals surface area (Å²) in [5.41, 5.74) is 15.6. The number of amides is 1. The zero-order valence-corrected chi connectivity index (χ0v) is 11.0. The average molecular weight is 261 g/mol. The third-order valence-electron chi connectivity index (χ3n) is 2.85. The highest BCUT2D eigenvalue weighted by Gasteiger charge is 2.16. The number of nitrogens with one attached hydrogen (secondary N) is 1. The van der Waals surface area contributed by atoms with Crippen molar-refractivity contribution < 1.29 is 4.79 Å². The van der Waals surface area contributed by atoms with Crippen molar-refractivity contribution in [2.75, 3.05) is 13.1 Å². The van der Waals surface area contributed by atoms with Crippen molar-refractivity contribution in [1.29, 1.82) is 0 Å². The van der Waals surface area contributed by atoms with Crippen LogP contribution in [0.25, 0.3) is 10.4 Å². The number of hydrogen-bond acceptors (Lipinski definition) is 3. The summed E-state index contributed by atoms with van der Waals surface area (Å²) >= 11 is 0. The monoisotopic (exact) mass is 261 g/mol. The first-order valence-corrected chi connectivity index (χ1v) is 6.31. The van der Waals surface area contributed by atoms with E-state index >= 15 is 0 Å². The molecule has 3 N–H and O–H groups in total. The van der Waals surface area contributed by atoms with E-state index in [1.54, 1.807) is 0 Å². The predicted molar refractivity (Wildman–Crippen MR) is 74.4 cm³/mol. The average Bonchev–Trinajstić information content (AvgIpc) is 2.43. The van der Waals surface area contributed by atoms with Crippen molar-refractivity contribution in [2.24, 2.45) is 10.8 Å². The third kappa shape index (κ3) is 4.99. The molecule has 1 unspecified atom stereocenters. The molecule has 1 aromatic carbocycles. The standard InChI is InChI=1S/C13H19N5O/c1-2-10-4-6-11(7-5-10)12(13(14)19)16-8-3-9-17-18-15/h4-7,12,16H,2-3,8-9H2,1H3,(H2,14,19). The molecule has 19 heavy (non-hydrogen) atoms. The maximum Gasteiger partial charge on any atom is 0.239 e. The maximum atomic E-state index is 11.5. The van der Waals surface area contributed by atoms with Gasteiger partial charge in [0.2, 0.25) is 5.91 Å². The fourth-order valence-corrected chi connectivity index (χ4v) is 1.77. The molecule has 1 aromatic rings. The molecule has 0 aliphatic heterocycles. The Hall–Kier alpha value is -2.04. The topological polar surface area (TPSA) is 104 Å². The van der Waals surface area contributed by atoms with E-state index in [1.165, 1.54) is 5.56 Å². The molecule has 0 saturated heterocycles. The number of benzene rings is 1. The third-order valence-corrected chi connectivity index (χ3v) is 2.85. The SMILES string of the molecule is CCc1ccc(C(NCCCN=[N+]=[N-])C(N)=O)cc1. The second-order valence-corrected chi connectivity index (χ2v) is 4.19. The smallest absolute Gasteiger partial charge is 0.239 e. The molecule has 0 radical (unpaired) electrons. The van der Waals surface area contributed by atoms with E-state index in [4.69, 9.17) is 11.3 Å². The Morgan fingerprint density at radius 1 is 1.47 bits per heavy atom. The molecule has 6 heteroatoms. The summed E-state index contributed by atoms with van der Waals surface area (Å²) in [6.07, 6.45) is 1.63.